The molecule has 2 N–H and O–H groups in total. The van der Waals surface area contributed by atoms with Crippen LogP contribution in [0.3, 0.4) is 0 Å². The topological polar surface area (TPSA) is 35.2 Å². The van der Waals surface area contributed by atoms with Crippen LogP contribution in [0, 0.1) is 0 Å². The summed E-state index contributed by atoms with van der Waals surface area (Å²) in [5, 5.41) is 3.08. The fraction of sp³-hybridized carbons (Fsp3) is 0.667. The molecule has 1 fully saturated rings. The van der Waals surface area contributed by atoms with Crippen LogP contribution in [0.2, 0.25) is 0 Å². The van der Waals surface area contributed by atoms with Gasteiger partial charge in [0.15, 0.2) is 0 Å². The Hall–Kier alpha value is 0.450. The van der Waals surface area contributed by atoms with E-state index in [9.17, 15) is 0 Å². The van der Waals surface area contributed by atoms with Crippen molar-refractivity contribution in [3.63, 3.8) is 0 Å². The van der Waals surface area contributed by atoms with E-state index in [4.69, 9.17) is 10.5 Å². The zero-order chi connectivity index (χ0) is 12.4. The summed E-state index contributed by atoms with van der Waals surface area (Å²) in [6, 6.07) is 2.35. The Balaban J connectivity index is 2.07. The van der Waals surface area contributed by atoms with Crippen LogP contribution in [-0.2, 0) is 4.74 Å². The SMILES string of the molecule is CC(N)C(SC1CCOC1C)c1cc(Br)cs1. The largest absolute Gasteiger partial charge is 0.377 e. The Kier molecular flexibility index (Phi) is 4.95. The maximum Gasteiger partial charge on any atom is 0.0666 e. The highest BCUT2D eigenvalue weighted by Gasteiger charge is 2.30. The molecule has 0 saturated carbocycles. The quantitative estimate of drug-likeness (QED) is 0.908. The van der Waals surface area contributed by atoms with Crippen LogP contribution in [-0.4, -0.2) is 24.0 Å². The van der Waals surface area contributed by atoms with Crippen LogP contribution in [0.1, 0.15) is 30.4 Å². The molecule has 17 heavy (non-hydrogen) atoms. The normalized spacial score (nSPS) is 28.2. The van der Waals surface area contributed by atoms with Crippen LogP contribution in [0.5, 0.6) is 0 Å². The number of rotatable bonds is 4. The summed E-state index contributed by atoms with van der Waals surface area (Å²) in [5.41, 5.74) is 6.13. The summed E-state index contributed by atoms with van der Waals surface area (Å²) >= 11 is 7.27. The lowest BCUT2D eigenvalue weighted by Crippen LogP contribution is -2.25. The number of hydrogen-bond acceptors (Lipinski definition) is 4. The number of hydrogen-bond donors (Lipinski definition) is 1. The molecule has 1 aromatic heterocycles. The van der Waals surface area contributed by atoms with Crippen LogP contribution in [0.4, 0.5) is 0 Å². The smallest absolute Gasteiger partial charge is 0.0666 e. The van der Waals surface area contributed by atoms with Crippen LogP contribution in [0.15, 0.2) is 15.9 Å². The van der Waals surface area contributed by atoms with E-state index < -0.39 is 0 Å². The minimum atomic E-state index is 0.165. The molecule has 1 aliphatic rings. The number of thiophene rings is 1. The van der Waals surface area contributed by atoms with Gasteiger partial charge in [-0.05, 0) is 42.3 Å². The first kappa shape index (κ1) is 13.9. The van der Waals surface area contributed by atoms with E-state index in [1.807, 2.05) is 11.8 Å². The lowest BCUT2D eigenvalue weighted by atomic mass is 10.2. The van der Waals surface area contributed by atoms with Gasteiger partial charge in [-0.2, -0.15) is 0 Å². The highest BCUT2D eigenvalue weighted by molar-refractivity contribution is 9.10. The molecule has 0 spiro atoms. The summed E-state index contributed by atoms with van der Waals surface area (Å²) in [6.07, 6.45) is 1.49. The first-order chi connectivity index (χ1) is 8.08. The summed E-state index contributed by atoms with van der Waals surface area (Å²) in [5.74, 6) is 0. The minimum Gasteiger partial charge on any atom is -0.377 e. The third-order valence-corrected chi connectivity index (χ3v) is 6.84. The van der Waals surface area contributed by atoms with Gasteiger partial charge in [0, 0.05) is 32.6 Å². The monoisotopic (exact) mass is 335 g/mol. The average molecular weight is 336 g/mol. The van der Waals surface area contributed by atoms with E-state index in [2.05, 4.69) is 41.2 Å². The zero-order valence-electron chi connectivity index (χ0n) is 10.1. The average Bonchev–Trinajstić information content (AvgIpc) is 2.84. The van der Waals surface area contributed by atoms with Crippen molar-refractivity contribution in [3.05, 3.63) is 20.8 Å². The fourth-order valence-corrected chi connectivity index (χ4v) is 5.24. The van der Waals surface area contributed by atoms with Gasteiger partial charge in [-0.1, -0.05) is 0 Å². The second kappa shape index (κ2) is 6.06. The molecule has 5 heteroatoms. The summed E-state index contributed by atoms with van der Waals surface area (Å²) in [6.45, 7) is 5.14. The molecule has 0 aromatic carbocycles. The van der Waals surface area contributed by atoms with Gasteiger partial charge in [0.25, 0.3) is 0 Å². The van der Waals surface area contributed by atoms with Gasteiger partial charge >= 0.3 is 0 Å². The summed E-state index contributed by atoms with van der Waals surface area (Å²) < 4.78 is 6.77. The molecule has 96 valence electrons. The second-order valence-corrected chi connectivity index (χ2v) is 7.73. The highest BCUT2D eigenvalue weighted by atomic mass is 79.9. The lowest BCUT2D eigenvalue weighted by molar-refractivity contribution is 0.127. The van der Waals surface area contributed by atoms with Gasteiger partial charge in [0.05, 0.1) is 11.4 Å². The zero-order valence-corrected chi connectivity index (χ0v) is 13.3. The molecule has 2 nitrogen and oxygen atoms in total. The van der Waals surface area contributed by atoms with Crippen molar-refractivity contribution in [2.45, 2.75) is 42.9 Å². The molecule has 2 heterocycles. The Morgan fingerprint density at radius 3 is 2.88 bits per heavy atom. The Morgan fingerprint density at radius 1 is 1.65 bits per heavy atom. The maximum atomic E-state index is 6.13. The summed E-state index contributed by atoms with van der Waals surface area (Å²) in [7, 11) is 0. The molecule has 0 radical (unpaired) electrons. The first-order valence-electron chi connectivity index (χ1n) is 5.84. The van der Waals surface area contributed by atoms with Gasteiger partial charge in [0.1, 0.15) is 0 Å². The van der Waals surface area contributed by atoms with Crippen molar-refractivity contribution in [3.8, 4) is 0 Å². The molecular formula is C12H18BrNOS2. The molecule has 1 aromatic rings. The van der Waals surface area contributed by atoms with E-state index in [-0.39, 0.29) is 6.04 Å². The van der Waals surface area contributed by atoms with Crippen molar-refractivity contribution in [2.24, 2.45) is 5.73 Å². The first-order valence-corrected chi connectivity index (χ1v) is 8.46. The van der Waals surface area contributed by atoms with Crippen LogP contribution in [0.25, 0.3) is 0 Å². The number of halogens is 1. The van der Waals surface area contributed by atoms with Crippen molar-refractivity contribution in [1.29, 1.82) is 0 Å². The molecule has 0 aliphatic carbocycles. The van der Waals surface area contributed by atoms with Crippen molar-refractivity contribution in [2.75, 3.05) is 6.61 Å². The standard InChI is InChI=1S/C12H18BrNOS2/c1-7(14)12(11-5-9(13)6-16-11)17-10-3-4-15-8(10)2/h5-8,10,12H,3-4,14H2,1-2H3. The van der Waals surface area contributed by atoms with Crippen molar-refractivity contribution in [1.82, 2.24) is 0 Å². The van der Waals surface area contributed by atoms with E-state index in [1.54, 1.807) is 11.3 Å². The predicted molar refractivity (Wildman–Crippen MR) is 79.8 cm³/mol. The maximum absolute atomic E-state index is 6.13. The summed E-state index contributed by atoms with van der Waals surface area (Å²) in [4.78, 5) is 1.36. The Labute approximate surface area is 119 Å². The Bertz CT molecular complexity index is 369. The van der Waals surface area contributed by atoms with Gasteiger partial charge in [0.2, 0.25) is 0 Å². The molecule has 0 amide bonds. The number of nitrogens with two attached hydrogens (primary N) is 1. The second-order valence-electron chi connectivity index (χ2n) is 4.49. The van der Waals surface area contributed by atoms with E-state index in [1.165, 1.54) is 4.88 Å². The molecule has 0 bridgehead atoms. The molecule has 1 saturated heterocycles. The van der Waals surface area contributed by atoms with Crippen molar-refractivity contribution >= 4 is 39.0 Å². The molecule has 4 unspecified atom stereocenters. The van der Waals surface area contributed by atoms with Crippen LogP contribution < -0.4 is 5.73 Å². The van der Waals surface area contributed by atoms with Gasteiger partial charge in [-0.15, -0.1) is 23.1 Å². The lowest BCUT2D eigenvalue weighted by Gasteiger charge is -2.24. The molecular weight excluding hydrogens is 318 g/mol. The Morgan fingerprint density at radius 2 is 2.41 bits per heavy atom. The van der Waals surface area contributed by atoms with Gasteiger partial charge < -0.3 is 10.5 Å². The molecule has 4 atom stereocenters. The van der Waals surface area contributed by atoms with E-state index >= 15 is 0 Å². The van der Waals surface area contributed by atoms with E-state index in [0.29, 0.717) is 16.6 Å². The van der Waals surface area contributed by atoms with Gasteiger partial charge in [-0.25, -0.2) is 0 Å². The predicted octanol–water partition coefficient (Wildman–Crippen LogP) is 3.81. The van der Waals surface area contributed by atoms with E-state index in [0.717, 1.165) is 17.5 Å². The molecule has 2 rings (SSSR count). The third kappa shape index (κ3) is 3.47. The number of ether oxygens (including phenoxy) is 1. The van der Waals surface area contributed by atoms with Crippen molar-refractivity contribution < 1.29 is 4.74 Å². The van der Waals surface area contributed by atoms with Crippen LogP contribution >= 0.6 is 39.0 Å². The fourth-order valence-electron chi connectivity index (χ4n) is 2.01. The minimum absolute atomic E-state index is 0.165. The van der Waals surface area contributed by atoms with Gasteiger partial charge in [-0.3, -0.25) is 0 Å². The molecule has 1 aliphatic heterocycles. The highest BCUT2D eigenvalue weighted by Crippen LogP contribution is 2.42. The third-order valence-electron chi connectivity index (χ3n) is 2.97. The number of thioether (sulfide) groups is 1.